The van der Waals surface area contributed by atoms with Crippen LogP contribution in [0.1, 0.15) is 24.8 Å². The van der Waals surface area contributed by atoms with Gasteiger partial charge >= 0.3 is 0 Å². The lowest BCUT2D eigenvalue weighted by molar-refractivity contribution is 0.743. The van der Waals surface area contributed by atoms with Crippen LogP contribution in [0.5, 0.6) is 0 Å². The standard InChI is InChI=1S/C9H13BrN2/c1-7(2-4-10)8-3-5-12-9(11)6-8/h3,5-7H,2,4H2,1H3,(H2,11,12). The quantitative estimate of drug-likeness (QED) is 0.809. The fourth-order valence-corrected chi connectivity index (χ4v) is 1.79. The molecule has 66 valence electrons. The lowest BCUT2D eigenvalue weighted by Gasteiger charge is -2.09. The number of hydrogen-bond acceptors (Lipinski definition) is 2. The second-order valence-electron chi connectivity index (χ2n) is 2.89. The number of nitrogens with two attached hydrogens (primary N) is 1. The Hall–Kier alpha value is -0.570. The van der Waals surface area contributed by atoms with Crippen molar-refractivity contribution in [2.45, 2.75) is 19.3 Å². The number of rotatable bonds is 3. The fraction of sp³-hybridized carbons (Fsp3) is 0.444. The number of aromatic nitrogens is 1. The molecule has 0 saturated heterocycles. The van der Waals surface area contributed by atoms with Crippen LogP contribution in [0.15, 0.2) is 18.3 Å². The molecule has 0 bridgehead atoms. The van der Waals surface area contributed by atoms with Gasteiger partial charge in [0.25, 0.3) is 0 Å². The van der Waals surface area contributed by atoms with E-state index in [9.17, 15) is 0 Å². The summed E-state index contributed by atoms with van der Waals surface area (Å²) in [6.07, 6.45) is 2.89. The first kappa shape index (κ1) is 9.52. The highest BCUT2D eigenvalue weighted by Crippen LogP contribution is 2.20. The van der Waals surface area contributed by atoms with E-state index in [2.05, 4.69) is 27.8 Å². The highest BCUT2D eigenvalue weighted by molar-refractivity contribution is 9.09. The first-order valence-corrected chi connectivity index (χ1v) is 5.13. The minimum atomic E-state index is 0.551. The topological polar surface area (TPSA) is 38.9 Å². The third-order valence-corrected chi connectivity index (χ3v) is 2.37. The molecule has 0 saturated carbocycles. The predicted octanol–water partition coefficient (Wildman–Crippen LogP) is 2.55. The molecule has 0 aliphatic heterocycles. The van der Waals surface area contributed by atoms with E-state index >= 15 is 0 Å². The van der Waals surface area contributed by atoms with Crippen molar-refractivity contribution in [3.05, 3.63) is 23.9 Å². The van der Waals surface area contributed by atoms with E-state index in [0.717, 1.165) is 11.8 Å². The van der Waals surface area contributed by atoms with E-state index in [1.54, 1.807) is 6.20 Å². The van der Waals surface area contributed by atoms with Crippen molar-refractivity contribution < 1.29 is 0 Å². The van der Waals surface area contributed by atoms with E-state index in [4.69, 9.17) is 5.73 Å². The fourth-order valence-electron chi connectivity index (χ4n) is 1.10. The molecule has 1 atom stereocenters. The lowest BCUT2D eigenvalue weighted by Crippen LogP contribution is -1.97. The smallest absolute Gasteiger partial charge is 0.123 e. The molecule has 1 unspecified atom stereocenters. The molecule has 1 rings (SSSR count). The van der Waals surface area contributed by atoms with Crippen molar-refractivity contribution in [2.75, 3.05) is 11.1 Å². The largest absolute Gasteiger partial charge is 0.384 e. The number of nitrogen functional groups attached to an aromatic ring is 1. The Balaban J connectivity index is 2.73. The summed E-state index contributed by atoms with van der Waals surface area (Å²) in [6, 6.07) is 3.96. The van der Waals surface area contributed by atoms with E-state index in [1.807, 2.05) is 12.1 Å². The summed E-state index contributed by atoms with van der Waals surface area (Å²) in [4.78, 5) is 3.95. The van der Waals surface area contributed by atoms with Crippen LogP contribution in [-0.4, -0.2) is 10.3 Å². The second-order valence-corrected chi connectivity index (χ2v) is 3.69. The lowest BCUT2D eigenvalue weighted by atomic mass is 10.00. The number of pyridine rings is 1. The summed E-state index contributed by atoms with van der Waals surface area (Å²) < 4.78 is 0. The monoisotopic (exact) mass is 228 g/mol. The number of halogens is 1. The van der Waals surface area contributed by atoms with Crippen molar-refractivity contribution in [3.8, 4) is 0 Å². The third kappa shape index (κ3) is 2.48. The summed E-state index contributed by atoms with van der Waals surface area (Å²) in [6.45, 7) is 2.19. The van der Waals surface area contributed by atoms with Crippen LogP contribution < -0.4 is 5.73 Å². The van der Waals surface area contributed by atoms with Gasteiger partial charge in [0, 0.05) is 11.5 Å². The maximum atomic E-state index is 5.57. The Labute approximate surface area is 81.3 Å². The SMILES string of the molecule is CC(CCBr)c1ccnc(N)c1. The Kier molecular flexibility index (Phi) is 3.53. The van der Waals surface area contributed by atoms with Gasteiger partial charge < -0.3 is 5.73 Å². The third-order valence-electron chi connectivity index (χ3n) is 1.92. The Morgan fingerprint density at radius 1 is 1.67 bits per heavy atom. The van der Waals surface area contributed by atoms with Crippen LogP contribution in [0.3, 0.4) is 0 Å². The van der Waals surface area contributed by atoms with Gasteiger partial charge in [-0.15, -0.1) is 0 Å². The zero-order chi connectivity index (χ0) is 8.97. The molecule has 0 aliphatic rings. The molecule has 1 aromatic heterocycles. The number of anilines is 1. The minimum Gasteiger partial charge on any atom is -0.384 e. The average Bonchev–Trinajstić information content (AvgIpc) is 2.05. The second kappa shape index (κ2) is 4.45. The van der Waals surface area contributed by atoms with Crippen molar-refractivity contribution in [3.63, 3.8) is 0 Å². The van der Waals surface area contributed by atoms with Crippen LogP contribution in [0.4, 0.5) is 5.82 Å². The molecule has 0 radical (unpaired) electrons. The molecule has 1 aromatic rings. The normalized spacial score (nSPS) is 12.8. The molecule has 0 amide bonds. The molecule has 2 nitrogen and oxygen atoms in total. The van der Waals surface area contributed by atoms with Gasteiger partial charge in [-0.1, -0.05) is 22.9 Å². The van der Waals surface area contributed by atoms with Crippen LogP contribution in [-0.2, 0) is 0 Å². The predicted molar refractivity (Wildman–Crippen MR) is 55.5 cm³/mol. The summed E-state index contributed by atoms with van der Waals surface area (Å²) in [5, 5.41) is 1.02. The van der Waals surface area contributed by atoms with Crippen molar-refractivity contribution in [1.29, 1.82) is 0 Å². The van der Waals surface area contributed by atoms with Gasteiger partial charge in [-0.3, -0.25) is 0 Å². The first-order valence-electron chi connectivity index (χ1n) is 4.01. The van der Waals surface area contributed by atoms with E-state index in [1.165, 1.54) is 5.56 Å². The molecular weight excluding hydrogens is 216 g/mol. The minimum absolute atomic E-state index is 0.551. The Morgan fingerprint density at radius 2 is 2.42 bits per heavy atom. The molecule has 0 spiro atoms. The van der Waals surface area contributed by atoms with Gasteiger partial charge in [0.05, 0.1) is 0 Å². The summed E-state index contributed by atoms with van der Waals surface area (Å²) in [5.41, 5.74) is 6.84. The maximum Gasteiger partial charge on any atom is 0.123 e. The highest BCUT2D eigenvalue weighted by Gasteiger charge is 2.04. The maximum absolute atomic E-state index is 5.57. The van der Waals surface area contributed by atoms with Gasteiger partial charge in [0.2, 0.25) is 0 Å². The van der Waals surface area contributed by atoms with Crippen LogP contribution in [0.2, 0.25) is 0 Å². The van der Waals surface area contributed by atoms with Gasteiger partial charge in [0.15, 0.2) is 0 Å². The zero-order valence-electron chi connectivity index (χ0n) is 7.13. The summed E-state index contributed by atoms with van der Waals surface area (Å²) in [7, 11) is 0. The summed E-state index contributed by atoms with van der Waals surface area (Å²) >= 11 is 3.42. The Bertz CT molecular complexity index is 250. The van der Waals surface area contributed by atoms with Gasteiger partial charge in [-0.05, 0) is 30.0 Å². The number of alkyl halides is 1. The number of nitrogens with zero attached hydrogens (tertiary/aromatic N) is 1. The van der Waals surface area contributed by atoms with Crippen LogP contribution >= 0.6 is 15.9 Å². The average molecular weight is 229 g/mol. The Morgan fingerprint density at radius 3 is 3.00 bits per heavy atom. The summed E-state index contributed by atoms with van der Waals surface area (Å²) in [5.74, 6) is 1.16. The van der Waals surface area contributed by atoms with Crippen molar-refractivity contribution in [1.82, 2.24) is 4.98 Å². The van der Waals surface area contributed by atoms with Crippen molar-refractivity contribution >= 4 is 21.7 Å². The first-order chi connectivity index (χ1) is 5.74. The van der Waals surface area contributed by atoms with Gasteiger partial charge in [-0.25, -0.2) is 4.98 Å². The van der Waals surface area contributed by atoms with Crippen LogP contribution in [0, 0.1) is 0 Å². The van der Waals surface area contributed by atoms with E-state index in [-0.39, 0.29) is 0 Å². The van der Waals surface area contributed by atoms with Crippen LogP contribution in [0.25, 0.3) is 0 Å². The van der Waals surface area contributed by atoms with E-state index < -0.39 is 0 Å². The molecule has 0 aliphatic carbocycles. The highest BCUT2D eigenvalue weighted by atomic mass is 79.9. The van der Waals surface area contributed by atoms with Crippen molar-refractivity contribution in [2.24, 2.45) is 0 Å². The van der Waals surface area contributed by atoms with E-state index in [0.29, 0.717) is 11.7 Å². The molecule has 3 heteroatoms. The molecule has 2 N–H and O–H groups in total. The zero-order valence-corrected chi connectivity index (χ0v) is 8.71. The van der Waals surface area contributed by atoms with Gasteiger partial charge in [0.1, 0.15) is 5.82 Å². The molecular formula is C9H13BrN2. The molecule has 1 heterocycles. The molecule has 0 fully saturated rings. The van der Waals surface area contributed by atoms with Gasteiger partial charge in [-0.2, -0.15) is 0 Å². The molecule has 12 heavy (non-hydrogen) atoms. The number of hydrogen-bond donors (Lipinski definition) is 1. The molecule has 0 aromatic carbocycles.